The Hall–Kier alpha value is -1.77. The van der Waals surface area contributed by atoms with Crippen molar-refractivity contribution in [3.05, 3.63) is 35.9 Å². The molecule has 96 valence electrons. The Morgan fingerprint density at radius 3 is 2.67 bits per heavy atom. The first-order valence-corrected chi connectivity index (χ1v) is 6.41. The Morgan fingerprint density at radius 1 is 1.22 bits per heavy atom. The minimum atomic E-state index is 0.0978. The minimum absolute atomic E-state index is 0.0978. The van der Waals surface area contributed by atoms with Crippen LogP contribution < -0.4 is 4.74 Å². The van der Waals surface area contributed by atoms with Gasteiger partial charge in [-0.05, 0) is 31.4 Å². The van der Waals surface area contributed by atoms with Gasteiger partial charge in [0.05, 0.1) is 7.11 Å². The van der Waals surface area contributed by atoms with Crippen molar-refractivity contribution in [3.63, 3.8) is 0 Å². The van der Waals surface area contributed by atoms with Crippen molar-refractivity contribution in [1.82, 2.24) is 4.90 Å². The van der Waals surface area contributed by atoms with Gasteiger partial charge in [0.15, 0.2) is 0 Å². The third kappa shape index (κ3) is 3.13. The summed E-state index contributed by atoms with van der Waals surface area (Å²) in [7, 11) is 1.64. The molecule has 0 spiro atoms. The Morgan fingerprint density at radius 2 is 1.94 bits per heavy atom. The molecular formula is C15H19NO2. The van der Waals surface area contributed by atoms with Crippen LogP contribution in [-0.2, 0) is 4.79 Å². The molecule has 3 nitrogen and oxygen atoms in total. The van der Waals surface area contributed by atoms with E-state index < -0.39 is 0 Å². The summed E-state index contributed by atoms with van der Waals surface area (Å²) in [6, 6.07) is 7.69. The Kier molecular flexibility index (Phi) is 4.40. The van der Waals surface area contributed by atoms with Gasteiger partial charge >= 0.3 is 0 Å². The first kappa shape index (κ1) is 12.7. The number of methoxy groups -OCH3 is 1. The highest BCUT2D eigenvalue weighted by Crippen LogP contribution is 2.19. The van der Waals surface area contributed by atoms with Crippen LogP contribution in [0.4, 0.5) is 0 Å². The second-order valence-corrected chi connectivity index (χ2v) is 4.46. The van der Waals surface area contributed by atoms with Crippen LogP contribution in [0.2, 0.25) is 0 Å². The maximum absolute atomic E-state index is 12.0. The number of likely N-dealkylation sites (tertiary alicyclic amines) is 1. The van der Waals surface area contributed by atoms with Crippen molar-refractivity contribution >= 4 is 12.0 Å². The molecule has 3 heteroatoms. The molecule has 2 rings (SSSR count). The summed E-state index contributed by atoms with van der Waals surface area (Å²) in [4.78, 5) is 13.9. The van der Waals surface area contributed by atoms with E-state index in [4.69, 9.17) is 4.74 Å². The van der Waals surface area contributed by atoms with Crippen molar-refractivity contribution in [3.8, 4) is 5.75 Å². The number of carbonyl (C=O) groups is 1. The number of amides is 1. The number of para-hydroxylation sites is 1. The number of ether oxygens (including phenoxy) is 1. The summed E-state index contributed by atoms with van der Waals surface area (Å²) in [5.74, 6) is 0.890. The van der Waals surface area contributed by atoms with Gasteiger partial charge in [0, 0.05) is 24.7 Å². The van der Waals surface area contributed by atoms with Gasteiger partial charge in [-0.1, -0.05) is 18.2 Å². The van der Waals surface area contributed by atoms with Gasteiger partial charge in [0.1, 0.15) is 5.75 Å². The van der Waals surface area contributed by atoms with Crippen LogP contribution in [0.5, 0.6) is 5.75 Å². The highest BCUT2D eigenvalue weighted by Gasteiger charge is 2.13. The third-order valence-corrected chi connectivity index (χ3v) is 3.21. The highest BCUT2D eigenvalue weighted by atomic mass is 16.5. The molecule has 0 radical (unpaired) electrons. The second-order valence-electron chi connectivity index (χ2n) is 4.46. The van der Waals surface area contributed by atoms with Crippen LogP contribution in [0.3, 0.4) is 0 Å². The van der Waals surface area contributed by atoms with Crippen molar-refractivity contribution in [2.45, 2.75) is 19.3 Å². The number of carbonyl (C=O) groups excluding carboxylic acids is 1. The average molecular weight is 245 g/mol. The molecule has 0 atom stereocenters. The second kappa shape index (κ2) is 6.24. The molecule has 1 aliphatic rings. The lowest BCUT2D eigenvalue weighted by Crippen LogP contribution is -2.34. The molecule has 0 saturated carbocycles. The largest absolute Gasteiger partial charge is 0.496 e. The lowest BCUT2D eigenvalue weighted by molar-refractivity contribution is -0.126. The molecule has 1 heterocycles. The molecule has 1 aromatic rings. The van der Waals surface area contributed by atoms with E-state index in [2.05, 4.69) is 0 Å². The van der Waals surface area contributed by atoms with Gasteiger partial charge in [-0.2, -0.15) is 0 Å². The molecule has 1 saturated heterocycles. The van der Waals surface area contributed by atoms with E-state index in [1.807, 2.05) is 35.2 Å². The maximum Gasteiger partial charge on any atom is 0.246 e. The summed E-state index contributed by atoms with van der Waals surface area (Å²) in [5.41, 5.74) is 0.936. The van der Waals surface area contributed by atoms with Crippen LogP contribution >= 0.6 is 0 Å². The molecule has 18 heavy (non-hydrogen) atoms. The number of hydrogen-bond donors (Lipinski definition) is 0. The van der Waals surface area contributed by atoms with E-state index >= 15 is 0 Å². The zero-order valence-electron chi connectivity index (χ0n) is 10.8. The molecule has 1 amide bonds. The summed E-state index contributed by atoms with van der Waals surface area (Å²) in [6.07, 6.45) is 6.95. The van der Waals surface area contributed by atoms with E-state index in [0.717, 1.165) is 37.2 Å². The van der Waals surface area contributed by atoms with E-state index in [1.165, 1.54) is 6.42 Å². The average Bonchev–Trinajstić information content (AvgIpc) is 2.46. The summed E-state index contributed by atoms with van der Waals surface area (Å²) in [6.45, 7) is 1.77. The normalized spacial score (nSPS) is 15.9. The Bertz CT molecular complexity index is 434. The molecular weight excluding hydrogens is 226 g/mol. The van der Waals surface area contributed by atoms with Crippen LogP contribution in [0.25, 0.3) is 6.08 Å². The topological polar surface area (TPSA) is 29.5 Å². The van der Waals surface area contributed by atoms with Crippen molar-refractivity contribution in [1.29, 1.82) is 0 Å². The van der Waals surface area contributed by atoms with Crippen molar-refractivity contribution in [2.24, 2.45) is 0 Å². The monoisotopic (exact) mass is 245 g/mol. The zero-order chi connectivity index (χ0) is 12.8. The van der Waals surface area contributed by atoms with Gasteiger partial charge in [0.2, 0.25) is 5.91 Å². The van der Waals surface area contributed by atoms with E-state index in [9.17, 15) is 4.79 Å². The fourth-order valence-electron chi connectivity index (χ4n) is 2.18. The fourth-order valence-corrected chi connectivity index (χ4v) is 2.18. The van der Waals surface area contributed by atoms with Crippen LogP contribution in [0, 0.1) is 0 Å². The predicted octanol–water partition coefficient (Wildman–Crippen LogP) is 2.72. The first-order valence-electron chi connectivity index (χ1n) is 6.41. The standard InChI is InChI=1S/C15H19NO2/c1-18-14-8-4-3-7-13(14)9-10-15(17)16-11-5-2-6-12-16/h3-4,7-10H,2,5-6,11-12H2,1H3/b10-9+. The number of rotatable bonds is 3. The van der Waals surface area contributed by atoms with Gasteiger partial charge < -0.3 is 9.64 Å². The van der Waals surface area contributed by atoms with Crippen LogP contribution in [-0.4, -0.2) is 31.0 Å². The van der Waals surface area contributed by atoms with Gasteiger partial charge in [0.25, 0.3) is 0 Å². The smallest absolute Gasteiger partial charge is 0.246 e. The van der Waals surface area contributed by atoms with Crippen molar-refractivity contribution in [2.75, 3.05) is 20.2 Å². The fraction of sp³-hybridized carbons (Fsp3) is 0.400. The Labute approximate surface area is 108 Å². The Balaban J connectivity index is 2.03. The van der Waals surface area contributed by atoms with Crippen LogP contribution in [0.1, 0.15) is 24.8 Å². The number of benzene rings is 1. The van der Waals surface area contributed by atoms with E-state index in [1.54, 1.807) is 13.2 Å². The first-order chi connectivity index (χ1) is 8.81. The predicted molar refractivity (Wildman–Crippen MR) is 72.5 cm³/mol. The van der Waals surface area contributed by atoms with Gasteiger partial charge in [-0.15, -0.1) is 0 Å². The lowest BCUT2D eigenvalue weighted by atomic mass is 10.1. The molecule has 1 aromatic carbocycles. The lowest BCUT2D eigenvalue weighted by Gasteiger charge is -2.25. The molecule has 0 unspecified atom stereocenters. The number of hydrogen-bond acceptors (Lipinski definition) is 2. The summed E-state index contributed by atoms with van der Waals surface area (Å²) >= 11 is 0. The van der Waals surface area contributed by atoms with Crippen molar-refractivity contribution < 1.29 is 9.53 Å². The number of nitrogens with zero attached hydrogens (tertiary/aromatic N) is 1. The molecule has 1 aliphatic heterocycles. The molecule has 0 aromatic heterocycles. The van der Waals surface area contributed by atoms with Gasteiger partial charge in [-0.25, -0.2) is 0 Å². The summed E-state index contributed by atoms with van der Waals surface area (Å²) in [5, 5.41) is 0. The summed E-state index contributed by atoms with van der Waals surface area (Å²) < 4.78 is 5.25. The minimum Gasteiger partial charge on any atom is -0.496 e. The third-order valence-electron chi connectivity index (χ3n) is 3.21. The van der Waals surface area contributed by atoms with Gasteiger partial charge in [-0.3, -0.25) is 4.79 Å². The van der Waals surface area contributed by atoms with E-state index in [0.29, 0.717) is 0 Å². The SMILES string of the molecule is COc1ccccc1/C=C/C(=O)N1CCCCC1. The molecule has 0 N–H and O–H groups in total. The quantitative estimate of drug-likeness (QED) is 0.766. The number of piperidine rings is 1. The van der Waals surface area contributed by atoms with Crippen LogP contribution in [0.15, 0.2) is 30.3 Å². The van der Waals surface area contributed by atoms with E-state index in [-0.39, 0.29) is 5.91 Å². The molecule has 0 bridgehead atoms. The highest BCUT2D eigenvalue weighted by molar-refractivity contribution is 5.92. The maximum atomic E-state index is 12.0. The molecule has 0 aliphatic carbocycles. The molecule has 1 fully saturated rings. The zero-order valence-corrected chi connectivity index (χ0v) is 10.8.